The van der Waals surface area contributed by atoms with E-state index in [0.29, 0.717) is 9.79 Å². The number of halogens is 20. The molecule has 342 valence electrons. The van der Waals surface area contributed by atoms with Gasteiger partial charge in [0.15, 0.2) is 89.5 Å². The molecular formula is C41H13BF20N2OS. The number of nitriles is 2. The summed E-state index contributed by atoms with van der Waals surface area (Å²) in [5.41, 5.74) is -14.3. The highest BCUT2D eigenvalue weighted by Crippen LogP contribution is 2.32. The van der Waals surface area contributed by atoms with Crippen LogP contribution in [-0.2, 0) is 14.1 Å². The summed E-state index contributed by atoms with van der Waals surface area (Å²) in [6.45, 7) is 0. The van der Waals surface area contributed by atoms with E-state index in [4.69, 9.17) is 10.5 Å². The van der Waals surface area contributed by atoms with Crippen molar-refractivity contribution in [1.29, 1.82) is 10.5 Å². The van der Waals surface area contributed by atoms with Gasteiger partial charge in [-0.3, -0.25) is 0 Å². The minimum absolute atomic E-state index is 0.0189. The third-order valence-electron chi connectivity index (χ3n) is 9.72. The molecular weight excluding hydrogens is 959 g/mol. The molecule has 25 heteroatoms. The van der Waals surface area contributed by atoms with Crippen LogP contribution in [0, 0.1) is 139 Å². The highest BCUT2D eigenvalue weighted by atomic mass is 32.2. The first-order chi connectivity index (χ1) is 30.9. The molecule has 0 fully saturated rings. The van der Waals surface area contributed by atoms with Crippen molar-refractivity contribution in [2.24, 2.45) is 0 Å². The molecule has 0 aliphatic heterocycles. The van der Waals surface area contributed by atoms with Crippen LogP contribution in [0.5, 0.6) is 0 Å². The van der Waals surface area contributed by atoms with Gasteiger partial charge in [-0.1, -0.05) is 40.6 Å². The van der Waals surface area contributed by atoms with Gasteiger partial charge in [-0.15, -0.1) is 21.9 Å². The van der Waals surface area contributed by atoms with Gasteiger partial charge in [0.2, 0.25) is 0 Å². The summed E-state index contributed by atoms with van der Waals surface area (Å²) < 4.78 is 307. The summed E-state index contributed by atoms with van der Waals surface area (Å²) >= 11 is 0. The lowest BCUT2D eigenvalue weighted by Gasteiger charge is -2.44. The van der Waals surface area contributed by atoms with Gasteiger partial charge in [0.05, 0.1) is 0 Å². The third kappa shape index (κ3) is 7.79. The molecule has 0 aliphatic rings. The van der Waals surface area contributed by atoms with E-state index in [2.05, 4.69) is 0 Å². The summed E-state index contributed by atoms with van der Waals surface area (Å²) in [4.78, 5) is 1.39. The predicted octanol–water partition coefficient (Wildman–Crippen LogP) is 9.42. The molecule has 6 rings (SSSR count). The van der Waals surface area contributed by atoms with Crippen molar-refractivity contribution in [3.05, 3.63) is 189 Å². The van der Waals surface area contributed by atoms with Crippen LogP contribution in [0.2, 0.25) is 0 Å². The summed E-state index contributed by atoms with van der Waals surface area (Å²) in [5, 5.41) is 17.7. The highest BCUT2D eigenvalue weighted by Gasteiger charge is 2.52. The predicted molar refractivity (Wildman–Crippen MR) is 191 cm³/mol. The van der Waals surface area contributed by atoms with Gasteiger partial charge < -0.3 is 0 Å². The fourth-order valence-corrected chi connectivity index (χ4v) is 9.05. The zero-order chi connectivity index (χ0) is 49.5. The first kappa shape index (κ1) is 49.9. The SMILES string of the molecule is Fc1c(F)c(F)c([B-](c2c(F)c(F)c(F)c(F)c2F)(c2c(F)c(F)c(F)c(F)c2F)c2c(F)c(F)c(F)c(F)c2F)c(F)c1F.N#CC(C#N)=CC[S+](=O)(c1ccccc1)c1ccccc1. The molecule has 0 aromatic heterocycles. The van der Waals surface area contributed by atoms with Crippen molar-refractivity contribution in [2.45, 2.75) is 9.79 Å². The fourth-order valence-electron chi connectivity index (χ4n) is 6.80. The molecule has 0 bridgehead atoms. The van der Waals surface area contributed by atoms with E-state index in [0.717, 1.165) is 0 Å². The Bertz CT molecular complexity index is 2680. The highest BCUT2D eigenvalue weighted by molar-refractivity contribution is 8.03. The van der Waals surface area contributed by atoms with Crippen molar-refractivity contribution >= 4 is 37.9 Å². The molecule has 0 N–H and O–H groups in total. The normalized spacial score (nSPS) is 11.4. The molecule has 6 aromatic carbocycles. The fraction of sp³-hybridized carbons (Fsp3) is 0.0244. The Morgan fingerprint density at radius 1 is 0.379 bits per heavy atom. The van der Waals surface area contributed by atoms with Crippen molar-refractivity contribution in [1.82, 2.24) is 0 Å². The molecule has 0 saturated carbocycles. The molecule has 0 spiro atoms. The van der Waals surface area contributed by atoms with Gasteiger partial charge in [-0.05, 0) is 30.3 Å². The molecule has 3 nitrogen and oxygen atoms in total. The number of hydrogen-bond donors (Lipinski definition) is 0. The molecule has 0 saturated heterocycles. The molecule has 0 aliphatic carbocycles. The van der Waals surface area contributed by atoms with Crippen LogP contribution in [0.3, 0.4) is 0 Å². The Hall–Kier alpha value is -7.15. The van der Waals surface area contributed by atoms with Gasteiger partial charge in [-0.25, -0.2) is 87.8 Å². The van der Waals surface area contributed by atoms with Crippen LogP contribution in [0.1, 0.15) is 0 Å². The van der Waals surface area contributed by atoms with E-state index in [9.17, 15) is 56.9 Å². The van der Waals surface area contributed by atoms with Gasteiger partial charge >= 0.3 is 0 Å². The Kier molecular flexibility index (Phi) is 14.2. The minimum atomic E-state index is -7.22. The van der Waals surface area contributed by atoms with Crippen molar-refractivity contribution in [2.75, 3.05) is 5.75 Å². The monoisotopic (exact) mass is 972 g/mol. The Balaban J connectivity index is 0.000000324. The molecule has 0 amide bonds. The van der Waals surface area contributed by atoms with E-state index in [-0.39, 0.29) is 11.3 Å². The van der Waals surface area contributed by atoms with Crippen LogP contribution in [0.4, 0.5) is 87.8 Å². The van der Waals surface area contributed by atoms with E-state index in [1.54, 1.807) is 12.1 Å². The number of hydrogen-bond acceptors (Lipinski definition) is 3. The average molecular weight is 972 g/mol. The lowest BCUT2D eigenvalue weighted by molar-refractivity contribution is 0.378. The van der Waals surface area contributed by atoms with Crippen molar-refractivity contribution in [3.8, 4) is 12.1 Å². The van der Waals surface area contributed by atoms with Crippen molar-refractivity contribution < 1.29 is 92.0 Å². The Labute approximate surface area is 356 Å². The second-order valence-electron chi connectivity index (χ2n) is 13.1. The smallest absolute Gasteiger partial charge is 0.200 e. The zero-order valence-electron chi connectivity index (χ0n) is 31.4. The third-order valence-corrected chi connectivity index (χ3v) is 12.4. The molecule has 0 radical (unpaired) electrons. The Morgan fingerprint density at radius 3 is 0.773 bits per heavy atom. The van der Waals surface area contributed by atoms with E-state index < -0.39 is 154 Å². The summed E-state index contributed by atoms with van der Waals surface area (Å²) in [5.74, 6) is -71.3. The van der Waals surface area contributed by atoms with Crippen LogP contribution in [0.25, 0.3) is 0 Å². The maximum absolute atomic E-state index is 15.4. The summed E-state index contributed by atoms with van der Waals surface area (Å²) in [7, 11) is -2.54. The quantitative estimate of drug-likeness (QED) is 0.0382. The maximum Gasteiger partial charge on any atom is 0.200 e. The number of allylic oxidation sites excluding steroid dienone is 1. The molecule has 66 heavy (non-hydrogen) atoms. The first-order valence-electron chi connectivity index (χ1n) is 17.3. The molecule has 6 aromatic rings. The second-order valence-corrected chi connectivity index (χ2v) is 15.7. The van der Waals surface area contributed by atoms with Gasteiger partial charge in [-0.2, -0.15) is 10.5 Å². The number of nitrogens with zero attached hydrogens (tertiary/aromatic N) is 2. The lowest BCUT2D eigenvalue weighted by atomic mass is 9.12. The van der Waals surface area contributed by atoms with Crippen LogP contribution >= 0.6 is 0 Å². The Morgan fingerprint density at radius 2 is 0.576 bits per heavy atom. The average Bonchev–Trinajstić information content (AvgIpc) is 3.32. The minimum Gasteiger partial charge on any atom is -0.207 e. The summed E-state index contributed by atoms with van der Waals surface area (Å²) in [6, 6.07) is 21.9. The van der Waals surface area contributed by atoms with Gasteiger partial charge in [0.25, 0.3) is 0 Å². The van der Waals surface area contributed by atoms with Crippen molar-refractivity contribution in [3.63, 3.8) is 0 Å². The van der Waals surface area contributed by atoms with E-state index in [1.165, 1.54) is 6.08 Å². The largest absolute Gasteiger partial charge is 0.207 e. The first-order valence-corrected chi connectivity index (χ1v) is 19.0. The van der Waals surface area contributed by atoms with Crippen LogP contribution in [-0.4, -0.2) is 11.9 Å². The van der Waals surface area contributed by atoms with Crippen LogP contribution < -0.4 is 21.9 Å². The van der Waals surface area contributed by atoms with E-state index >= 15 is 35.1 Å². The van der Waals surface area contributed by atoms with Gasteiger partial charge in [0.1, 0.15) is 76.1 Å². The molecule has 0 atom stereocenters. The maximum atomic E-state index is 15.4. The molecule has 0 heterocycles. The standard InChI is InChI=1S/C24BF20.C17H13N2OS/c26-5-1(6(27)14(35)21(42)13(5)34)25(2-7(28)15(36)22(43)16(37)8(2)29,3-9(30)17(38)23(44)18(39)10(3)31)4-11(32)19(40)24(45)20(41)12(4)33;18-13-15(14-19)11-12-21(20,16-7-3-1-4-8-16)17-9-5-2-6-10-17/h;1-11H,12H2/q-1;+1. The van der Waals surface area contributed by atoms with E-state index in [1.807, 2.05) is 60.7 Å². The molecule has 0 unspecified atom stereocenters. The number of benzene rings is 6. The lowest BCUT2D eigenvalue weighted by Crippen LogP contribution is -2.81. The topological polar surface area (TPSA) is 64.7 Å². The second kappa shape index (κ2) is 18.8. The van der Waals surface area contributed by atoms with Gasteiger partial charge in [0, 0.05) is 0 Å². The number of rotatable bonds is 8. The van der Waals surface area contributed by atoms with Crippen LogP contribution in [0.15, 0.2) is 82.1 Å². The zero-order valence-corrected chi connectivity index (χ0v) is 32.2. The summed E-state index contributed by atoms with van der Waals surface area (Å²) in [6.07, 6.45) is -5.77.